The number of piperidine rings is 1. The van der Waals surface area contributed by atoms with Gasteiger partial charge in [-0.25, -0.2) is 4.39 Å². The first-order valence-electron chi connectivity index (χ1n) is 9.89. The van der Waals surface area contributed by atoms with Crippen LogP contribution in [-0.2, 0) is 17.9 Å². The zero-order valence-electron chi connectivity index (χ0n) is 15.9. The maximum absolute atomic E-state index is 13.1. The second kappa shape index (κ2) is 8.53. The van der Waals surface area contributed by atoms with Crippen LogP contribution in [0.2, 0.25) is 0 Å². The van der Waals surface area contributed by atoms with E-state index in [0.717, 1.165) is 43.6 Å². The molecule has 4 rings (SSSR count). The Balaban J connectivity index is 1.32. The highest BCUT2D eigenvalue weighted by Gasteiger charge is 2.25. The molecule has 1 amide bonds. The van der Waals surface area contributed by atoms with Crippen LogP contribution in [-0.4, -0.2) is 23.9 Å². The maximum Gasteiger partial charge on any atom is 0.224 e. The summed E-state index contributed by atoms with van der Waals surface area (Å²) in [4.78, 5) is 15.0. The molecule has 0 aliphatic carbocycles. The first-order valence-corrected chi connectivity index (χ1v) is 9.89. The Bertz CT molecular complexity index is 954. The number of nitrogens with one attached hydrogen (secondary N) is 1. The average molecular weight is 376 g/mol. The van der Waals surface area contributed by atoms with Crippen molar-refractivity contribution in [1.29, 1.82) is 0 Å². The van der Waals surface area contributed by atoms with Crippen LogP contribution in [0.4, 0.5) is 4.39 Å². The summed E-state index contributed by atoms with van der Waals surface area (Å²) in [5.41, 5.74) is 2.20. The van der Waals surface area contributed by atoms with Gasteiger partial charge < -0.3 is 5.32 Å². The predicted octanol–water partition coefficient (Wildman–Crippen LogP) is 4.51. The number of likely N-dealkylation sites (tertiary alicyclic amines) is 1. The molecular weight excluding hydrogens is 351 g/mol. The van der Waals surface area contributed by atoms with Crippen LogP contribution >= 0.6 is 0 Å². The van der Waals surface area contributed by atoms with Gasteiger partial charge in [0.05, 0.1) is 5.92 Å². The second-order valence-corrected chi connectivity index (χ2v) is 7.60. The normalized spacial score (nSPS) is 17.5. The highest BCUT2D eigenvalue weighted by atomic mass is 19.1. The molecule has 1 unspecified atom stereocenters. The van der Waals surface area contributed by atoms with Crippen molar-refractivity contribution in [3.8, 4) is 0 Å². The molecule has 1 N–H and O–H groups in total. The molecule has 3 aromatic carbocycles. The van der Waals surface area contributed by atoms with Crippen LogP contribution in [0, 0.1) is 11.7 Å². The fraction of sp³-hybridized carbons (Fsp3) is 0.292. The molecule has 0 aromatic heterocycles. The molecule has 1 saturated heterocycles. The Labute approximate surface area is 165 Å². The number of amides is 1. The van der Waals surface area contributed by atoms with Crippen LogP contribution in [0.15, 0.2) is 66.7 Å². The van der Waals surface area contributed by atoms with Gasteiger partial charge in [0.15, 0.2) is 0 Å². The fourth-order valence-corrected chi connectivity index (χ4v) is 3.94. The maximum atomic E-state index is 13.1. The highest BCUT2D eigenvalue weighted by molar-refractivity contribution is 5.83. The van der Waals surface area contributed by atoms with Gasteiger partial charge in [-0.1, -0.05) is 48.5 Å². The van der Waals surface area contributed by atoms with Gasteiger partial charge in [-0.3, -0.25) is 9.69 Å². The Morgan fingerprint density at radius 1 is 1.00 bits per heavy atom. The number of rotatable bonds is 5. The molecule has 1 heterocycles. The van der Waals surface area contributed by atoms with Gasteiger partial charge in [-0.15, -0.1) is 0 Å². The van der Waals surface area contributed by atoms with E-state index in [0.29, 0.717) is 6.54 Å². The number of hydrogen-bond donors (Lipinski definition) is 1. The van der Waals surface area contributed by atoms with E-state index in [1.165, 1.54) is 22.9 Å². The van der Waals surface area contributed by atoms with Gasteiger partial charge in [-0.2, -0.15) is 0 Å². The SMILES string of the molecule is O=C(NCc1ccc2ccccc2c1)C1CCCN(Cc2ccc(F)cc2)C1. The number of benzene rings is 3. The van der Waals surface area contributed by atoms with Crippen molar-refractivity contribution in [2.24, 2.45) is 5.92 Å². The minimum Gasteiger partial charge on any atom is -0.352 e. The van der Waals surface area contributed by atoms with Crippen molar-refractivity contribution in [3.63, 3.8) is 0 Å². The van der Waals surface area contributed by atoms with E-state index < -0.39 is 0 Å². The average Bonchev–Trinajstić information content (AvgIpc) is 2.74. The van der Waals surface area contributed by atoms with E-state index in [2.05, 4.69) is 40.5 Å². The first kappa shape index (κ1) is 18.6. The lowest BCUT2D eigenvalue weighted by Gasteiger charge is -2.32. The molecule has 0 bridgehead atoms. The number of fused-ring (bicyclic) bond motifs is 1. The van der Waals surface area contributed by atoms with E-state index in [1.54, 1.807) is 0 Å². The lowest BCUT2D eigenvalue weighted by Crippen LogP contribution is -2.42. The summed E-state index contributed by atoms with van der Waals surface area (Å²) in [6.45, 7) is 3.04. The van der Waals surface area contributed by atoms with Crippen molar-refractivity contribution in [2.45, 2.75) is 25.9 Å². The van der Waals surface area contributed by atoms with E-state index in [-0.39, 0.29) is 17.6 Å². The third-order valence-corrected chi connectivity index (χ3v) is 5.48. The third-order valence-electron chi connectivity index (χ3n) is 5.48. The van der Waals surface area contributed by atoms with E-state index in [9.17, 15) is 9.18 Å². The van der Waals surface area contributed by atoms with Crippen molar-refractivity contribution in [3.05, 3.63) is 83.7 Å². The molecular formula is C24H25FN2O. The second-order valence-electron chi connectivity index (χ2n) is 7.60. The number of carbonyl (C=O) groups is 1. The van der Waals surface area contributed by atoms with Gasteiger partial charge in [0.1, 0.15) is 5.82 Å². The number of hydrogen-bond acceptors (Lipinski definition) is 2. The summed E-state index contributed by atoms with van der Waals surface area (Å²) in [5, 5.41) is 5.51. The van der Waals surface area contributed by atoms with Gasteiger partial charge in [0, 0.05) is 19.6 Å². The molecule has 1 aliphatic heterocycles. The standard InChI is InChI=1S/C24H25FN2O/c25-23-11-8-18(9-12-23)16-27-13-3-6-22(17-27)24(28)26-15-19-7-10-20-4-1-2-5-21(20)14-19/h1-2,4-5,7-12,14,22H,3,6,13,15-17H2,(H,26,28). The third kappa shape index (κ3) is 4.57. The Morgan fingerprint density at radius 2 is 1.75 bits per heavy atom. The van der Waals surface area contributed by atoms with E-state index in [1.807, 2.05) is 24.3 Å². The first-order chi connectivity index (χ1) is 13.7. The minimum absolute atomic E-state index is 0.00894. The van der Waals surface area contributed by atoms with Crippen LogP contribution in [0.1, 0.15) is 24.0 Å². The molecule has 4 heteroatoms. The van der Waals surface area contributed by atoms with Crippen LogP contribution in [0.3, 0.4) is 0 Å². The highest BCUT2D eigenvalue weighted by Crippen LogP contribution is 2.20. The summed E-state index contributed by atoms with van der Waals surface area (Å²) >= 11 is 0. The van der Waals surface area contributed by atoms with Crippen LogP contribution in [0.5, 0.6) is 0 Å². The van der Waals surface area contributed by atoms with Crippen LogP contribution in [0.25, 0.3) is 10.8 Å². The zero-order valence-corrected chi connectivity index (χ0v) is 15.9. The fourth-order valence-electron chi connectivity index (χ4n) is 3.94. The molecule has 3 nitrogen and oxygen atoms in total. The molecule has 3 aromatic rings. The number of halogens is 1. The molecule has 1 atom stereocenters. The lowest BCUT2D eigenvalue weighted by atomic mass is 9.96. The summed E-state index contributed by atoms with van der Waals surface area (Å²) in [6, 6.07) is 21.2. The smallest absolute Gasteiger partial charge is 0.224 e. The Morgan fingerprint density at radius 3 is 2.57 bits per heavy atom. The van der Waals surface area contributed by atoms with Gasteiger partial charge in [-0.05, 0) is 59.5 Å². The quantitative estimate of drug-likeness (QED) is 0.711. The number of nitrogens with zero attached hydrogens (tertiary/aromatic N) is 1. The molecule has 0 spiro atoms. The van der Waals surface area contributed by atoms with Crippen molar-refractivity contribution in [1.82, 2.24) is 10.2 Å². The molecule has 28 heavy (non-hydrogen) atoms. The van der Waals surface area contributed by atoms with Crippen molar-refractivity contribution >= 4 is 16.7 Å². The predicted molar refractivity (Wildman–Crippen MR) is 110 cm³/mol. The lowest BCUT2D eigenvalue weighted by molar-refractivity contribution is -0.126. The van der Waals surface area contributed by atoms with Crippen molar-refractivity contribution in [2.75, 3.05) is 13.1 Å². The largest absolute Gasteiger partial charge is 0.352 e. The van der Waals surface area contributed by atoms with Crippen LogP contribution < -0.4 is 5.32 Å². The minimum atomic E-state index is -0.215. The Kier molecular flexibility index (Phi) is 5.68. The summed E-state index contributed by atoms with van der Waals surface area (Å²) < 4.78 is 13.1. The molecule has 0 saturated carbocycles. The molecule has 1 aliphatic rings. The molecule has 0 radical (unpaired) electrons. The summed E-state index contributed by atoms with van der Waals surface area (Å²) in [6.07, 6.45) is 1.93. The van der Waals surface area contributed by atoms with Crippen molar-refractivity contribution < 1.29 is 9.18 Å². The monoisotopic (exact) mass is 376 g/mol. The zero-order chi connectivity index (χ0) is 19.3. The topological polar surface area (TPSA) is 32.3 Å². The summed E-state index contributed by atoms with van der Waals surface area (Å²) in [5.74, 6) is -0.0834. The Hall–Kier alpha value is -2.72. The van der Waals surface area contributed by atoms with E-state index >= 15 is 0 Å². The molecule has 144 valence electrons. The summed E-state index contributed by atoms with van der Waals surface area (Å²) in [7, 11) is 0. The van der Waals surface area contributed by atoms with Gasteiger partial charge in [0.25, 0.3) is 0 Å². The van der Waals surface area contributed by atoms with Gasteiger partial charge >= 0.3 is 0 Å². The van der Waals surface area contributed by atoms with E-state index in [4.69, 9.17) is 0 Å². The van der Waals surface area contributed by atoms with Gasteiger partial charge in [0.2, 0.25) is 5.91 Å². The molecule has 1 fully saturated rings. The number of carbonyl (C=O) groups excluding carboxylic acids is 1.